The number of aliphatic hydroxyl groups excluding tert-OH is 1. The third kappa shape index (κ3) is 3.24. The van der Waals surface area contributed by atoms with E-state index in [0.29, 0.717) is 12.5 Å². The topological polar surface area (TPSA) is 49.5 Å². The third-order valence-corrected chi connectivity index (χ3v) is 3.84. The summed E-state index contributed by atoms with van der Waals surface area (Å²) in [7, 11) is 0. The van der Waals surface area contributed by atoms with Crippen molar-refractivity contribution in [3.05, 3.63) is 29.8 Å². The monoisotopic (exact) mass is 248 g/mol. The number of hydrogen-bond acceptors (Lipinski definition) is 3. The van der Waals surface area contributed by atoms with Gasteiger partial charge in [0.05, 0.1) is 0 Å². The van der Waals surface area contributed by atoms with E-state index in [9.17, 15) is 0 Å². The summed E-state index contributed by atoms with van der Waals surface area (Å²) in [6, 6.07) is 8.67. The van der Waals surface area contributed by atoms with E-state index in [-0.39, 0.29) is 6.04 Å². The Morgan fingerprint density at radius 1 is 1.39 bits per heavy atom. The lowest BCUT2D eigenvalue weighted by Gasteiger charge is -2.34. The number of anilines is 1. The number of aliphatic hydroxyl groups is 1. The van der Waals surface area contributed by atoms with Gasteiger partial charge >= 0.3 is 0 Å². The van der Waals surface area contributed by atoms with Gasteiger partial charge in [-0.15, -0.1) is 0 Å². The number of hydrogen-bond donors (Lipinski definition) is 2. The van der Waals surface area contributed by atoms with Gasteiger partial charge in [0.15, 0.2) is 0 Å². The zero-order valence-electron chi connectivity index (χ0n) is 11.2. The maximum absolute atomic E-state index is 9.04. The van der Waals surface area contributed by atoms with Crippen LogP contribution in [0.4, 0.5) is 5.69 Å². The zero-order chi connectivity index (χ0) is 13.0. The minimum Gasteiger partial charge on any atom is -0.396 e. The highest BCUT2D eigenvalue weighted by Crippen LogP contribution is 2.25. The van der Waals surface area contributed by atoms with Crippen molar-refractivity contribution in [2.24, 2.45) is 11.7 Å². The Balaban J connectivity index is 2.02. The lowest BCUT2D eigenvalue weighted by molar-refractivity contribution is 0.244. The minimum atomic E-state index is 0.0996. The van der Waals surface area contributed by atoms with Crippen LogP contribution in [0, 0.1) is 5.92 Å². The highest BCUT2D eigenvalue weighted by Gasteiger charge is 2.19. The molecule has 1 aliphatic rings. The molecule has 100 valence electrons. The second-order valence-electron chi connectivity index (χ2n) is 5.35. The van der Waals surface area contributed by atoms with E-state index in [1.165, 1.54) is 24.1 Å². The van der Waals surface area contributed by atoms with Gasteiger partial charge in [-0.25, -0.2) is 0 Å². The summed E-state index contributed by atoms with van der Waals surface area (Å²) in [6.07, 6.45) is 3.39. The molecule has 2 rings (SSSR count). The molecule has 1 heterocycles. The van der Waals surface area contributed by atoms with E-state index in [4.69, 9.17) is 10.8 Å². The van der Waals surface area contributed by atoms with Gasteiger partial charge in [0.1, 0.15) is 0 Å². The van der Waals surface area contributed by atoms with Crippen molar-refractivity contribution in [1.29, 1.82) is 0 Å². The summed E-state index contributed by atoms with van der Waals surface area (Å²) in [5.74, 6) is 0.636. The molecule has 1 saturated heterocycles. The van der Waals surface area contributed by atoms with Gasteiger partial charge < -0.3 is 15.7 Å². The Kier molecular flexibility index (Phi) is 4.61. The Hall–Kier alpha value is -1.06. The van der Waals surface area contributed by atoms with E-state index in [2.05, 4.69) is 29.2 Å². The van der Waals surface area contributed by atoms with E-state index in [1.807, 2.05) is 6.92 Å². The van der Waals surface area contributed by atoms with Crippen LogP contribution < -0.4 is 10.6 Å². The van der Waals surface area contributed by atoms with Crippen LogP contribution in [0.5, 0.6) is 0 Å². The van der Waals surface area contributed by atoms with E-state index < -0.39 is 0 Å². The smallest absolute Gasteiger partial charge is 0.0434 e. The molecule has 2 atom stereocenters. The number of nitrogens with two attached hydrogens (primary N) is 1. The normalized spacial score (nSPS) is 21.9. The molecule has 0 aliphatic carbocycles. The second kappa shape index (κ2) is 6.21. The molecule has 1 fully saturated rings. The molecule has 0 spiro atoms. The van der Waals surface area contributed by atoms with Crippen molar-refractivity contribution in [2.45, 2.75) is 32.2 Å². The largest absolute Gasteiger partial charge is 0.396 e. The number of rotatable bonds is 4. The molecular weight excluding hydrogens is 224 g/mol. The molecule has 0 bridgehead atoms. The maximum Gasteiger partial charge on any atom is 0.0434 e. The number of piperidine rings is 1. The van der Waals surface area contributed by atoms with E-state index in [1.54, 1.807) is 0 Å². The molecule has 1 aliphatic heterocycles. The Morgan fingerprint density at radius 3 is 2.72 bits per heavy atom. The summed E-state index contributed by atoms with van der Waals surface area (Å²) < 4.78 is 0. The van der Waals surface area contributed by atoms with Gasteiger partial charge in [0, 0.05) is 31.4 Å². The molecule has 0 radical (unpaired) electrons. The maximum atomic E-state index is 9.04. The molecule has 0 saturated carbocycles. The molecule has 0 amide bonds. The molecular formula is C15H24N2O. The fourth-order valence-corrected chi connectivity index (χ4v) is 2.71. The Labute approximate surface area is 110 Å². The number of nitrogens with zero attached hydrogens (tertiary/aromatic N) is 1. The molecule has 1 aromatic carbocycles. The highest BCUT2D eigenvalue weighted by atomic mass is 16.3. The fourth-order valence-electron chi connectivity index (χ4n) is 2.71. The van der Waals surface area contributed by atoms with Gasteiger partial charge in [0.2, 0.25) is 0 Å². The zero-order valence-corrected chi connectivity index (χ0v) is 11.2. The molecule has 0 aromatic heterocycles. The lowest BCUT2D eigenvalue weighted by Crippen LogP contribution is -2.35. The highest BCUT2D eigenvalue weighted by molar-refractivity contribution is 5.48. The van der Waals surface area contributed by atoms with Crippen molar-refractivity contribution < 1.29 is 5.11 Å². The molecule has 1 aromatic rings. The van der Waals surface area contributed by atoms with Gasteiger partial charge in [-0.1, -0.05) is 12.1 Å². The predicted octanol–water partition coefficient (Wildman–Crippen LogP) is 2.31. The van der Waals surface area contributed by atoms with Crippen molar-refractivity contribution in [3.63, 3.8) is 0 Å². The fraction of sp³-hybridized carbons (Fsp3) is 0.600. The SMILES string of the molecule is C[C@H](N)c1ccc(N2CCCC(CCO)C2)cc1. The molecule has 3 heteroatoms. The van der Waals surface area contributed by atoms with Crippen LogP contribution in [-0.4, -0.2) is 24.8 Å². The van der Waals surface area contributed by atoms with Gasteiger partial charge in [-0.3, -0.25) is 0 Å². The van der Waals surface area contributed by atoms with Crippen LogP contribution in [0.15, 0.2) is 24.3 Å². The summed E-state index contributed by atoms with van der Waals surface area (Å²) >= 11 is 0. The predicted molar refractivity (Wildman–Crippen MR) is 75.7 cm³/mol. The van der Waals surface area contributed by atoms with Crippen molar-refractivity contribution in [1.82, 2.24) is 0 Å². The van der Waals surface area contributed by atoms with Crippen LogP contribution in [0.25, 0.3) is 0 Å². The average Bonchev–Trinajstić information content (AvgIpc) is 2.39. The summed E-state index contributed by atoms with van der Waals surface area (Å²) in [5, 5.41) is 9.04. The van der Waals surface area contributed by atoms with E-state index in [0.717, 1.165) is 19.5 Å². The van der Waals surface area contributed by atoms with Crippen LogP contribution >= 0.6 is 0 Å². The summed E-state index contributed by atoms with van der Waals surface area (Å²) in [6.45, 7) is 4.51. The summed E-state index contributed by atoms with van der Waals surface area (Å²) in [4.78, 5) is 2.43. The molecule has 1 unspecified atom stereocenters. The first-order valence-corrected chi connectivity index (χ1v) is 6.92. The van der Waals surface area contributed by atoms with Crippen molar-refractivity contribution >= 4 is 5.69 Å². The first-order chi connectivity index (χ1) is 8.70. The second-order valence-corrected chi connectivity index (χ2v) is 5.35. The van der Waals surface area contributed by atoms with Crippen LogP contribution in [0.2, 0.25) is 0 Å². The molecule has 3 N–H and O–H groups in total. The van der Waals surface area contributed by atoms with Crippen LogP contribution in [0.3, 0.4) is 0 Å². The van der Waals surface area contributed by atoms with Gasteiger partial charge in [-0.05, 0) is 49.8 Å². The first kappa shape index (κ1) is 13.4. The van der Waals surface area contributed by atoms with Crippen LogP contribution in [-0.2, 0) is 0 Å². The Morgan fingerprint density at radius 2 is 2.11 bits per heavy atom. The van der Waals surface area contributed by atoms with Crippen molar-refractivity contribution in [3.8, 4) is 0 Å². The van der Waals surface area contributed by atoms with Gasteiger partial charge in [-0.2, -0.15) is 0 Å². The Bertz CT molecular complexity index is 359. The average molecular weight is 248 g/mol. The number of benzene rings is 1. The standard InChI is InChI=1S/C15H24N2O/c1-12(16)14-4-6-15(7-5-14)17-9-2-3-13(11-17)8-10-18/h4-7,12-13,18H,2-3,8-11,16H2,1H3/t12-,13?/m0/s1. The third-order valence-electron chi connectivity index (χ3n) is 3.84. The van der Waals surface area contributed by atoms with Gasteiger partial charge in [0.25, 0.3) is 0 Å². The summed E-state index contributed by atoms with van der Waals surface area (Å²) in [5.41, 5.74) is 8.33. The first-order valence-electron chi connectivity index (χ1n) is 6.92. The minimum absolute atomic E-state index is 0.0996. The van der Waals surface area contributed by atoms with Crippen LogP contribution in [0.1, 0.15) is 37.8 Å². The quantitative estimate of drug-likeness (QED) is 0.859. The van der Waals surface area contributed by atoms with Crippen molar-refractivity contribution in [2.75, 3.05) is 24.6 Å². The lowest BCUT2D eigenvalue weighted by atomic mass is 9.94. The molecule has 3 nitrogen and oxygen atoms in total. The molecule has 18 heavy (non-hydrogen) atoms. The van der Waals surface area contributed by atoms with E-state index >= 15 is 0 Å².